The molecule has 1 aromatic carbocycles. The number of ether oxygens (including phenoxy) is 2. The third-order valence-electron chi connectivity index (χ3n) is 2.05. The molecule has 16 heavy (non-hydrogen) atoms. The van der Waals surface area contributed by atoms with E-state index in [4.69, 9.17) is 14.7 Å². The Morgan fingerprint density at radius 2 is 1.75 bits per heavy atom. The van der Waals surface area contributed by atoms with Crippen molar-refractivity contribution in [2.45, 2.75) is 6.92 Å². The molecule has 0 radical (unpaired) electrons. The van der Waals surface area contributed by atoms with Gasteiger partial charge in [-0.2, -0.15) is 0 Å². The first kappa shape index (κ1) is 12.4. The van der Waals surface area contributed by atoms with E-state index >= 15 is 0 Å². The lowest BCUT2D eigenvalue weighted by Gasteiger charge is -2.22. The number of hydrogen-bond acceptors (Lipinski definition) is 5. The molecule has 0 fully saturated rings. The third kappa shape index (κ3) is 3.15. The predicted octanol–water partition coefficient (Wildman–Crippen LogP) is 2.25. The second kappa shape index (κ2) is 5.39. The van der Waals surface area contributed by atoms with Gasteiger partial charge in [-0.15, -0.1) is 0 Å². The molecule has 0 aromatic heterocycles. The lowest BCUT2D eigenvalue weighted by molar-refractivity contribution is -0.00186. The normalized spacial score (nSPS) is 11.2. The quantitative estimate of drug-likeness (QED) is 0.794. The standard InChI is InChI=1S/C11H14NO4/c1-8(12(13)14)4-9-5-10(15-2)7-11(6-9)16-3/h4-7,13H,1-3H3/q-1/b8-4+. The Labute approximate surface area is 94.0 Å². The maximum atomic E-state index is 10.6. The second-order valence-electron chi connectivity index (χ2n) is 3.20. The van der Waals surface area contributed by atoms with Crippen LogP contribution < -0.4 is 9.47 Å². The summed E-state index contributed by atoms with van der Waals surface area (Å²) in [6, 6.07) is 5.19. The van der Waals surface area contributed by atoms with Crippen LogP contribution in [0.4, 0.5) is 0 Å². The highest BCUT2D eigenvalue weighted by Crippen LogP contribution is 2.24. The first-order chi connectivity index (χ1) is 7.56. The average Bonchev–Trinajstić information content (AvgIpc) is 2.28. The first-order valence-corrected chi connectivity index (χ1v) is 4.64. The maximum absolute atomic E-state index is 10.6. The molecule has 1 N–H and O–H groups in total. The minimum Gasteiger partial charge on any atom is -0.734 e. The Morgan fingerprint density at radius 3 is 2.12 bits per heavy atom. The Kier molecular flexibility index (Phi) is 4.16. The van der Waals surface area contributed by atoms with Crippen molar-refractivity contribution in [3.05, 3.63) is 34.7 Å². The molecule has 0 bridgehead atoms. The molecule has 0 amide bonds. The van der Waals surface area contributed by atoms with Crippen LogP contribution in [-0.4, -0.2) is 24.7 Å². The van der Waals surface area contributed by atoms with E-state index in [1.807, 2.05) is 0 Å². The topological polar surface area (TPSA) is 65.0 Å². The molecule has 0 atom stereocenters. The zero-order valence-corrected chi connectivity index (χ0v) is 9.43. The molecule has 5 heteroatoms. The van der Waals surface area contributed by atoms with Gasteiger partial charge in [0, 0.05) is 11.8 Å². The largest absolute Gasteiger partial charge is 0.734 e. The van der Waals surface area contributed by atoms with E-state index in [0.29, 0.717) is 17.1 Å². The number of allylic oxidation sites excluding steroid dienone is 1. The lowest BCUT2D eigenvalue weighted by Crippen LogP contribution is -2.06. The Bertz CT molecular complexity index is 365. The molecule has 0 spiro atoms. The van der Waals surface area contributed by atoms with Crippen LogP contribution >= 0.6 is 0 Å². The van der Waals surface area contributed by atoms with Crippen molar-refractivity contribution in [3.8, 4) is 11.5 Å². The Balaban J connectivity index is 3.08. The highest BCUT2D eigenvalue weighted by atomic mass is 16.8. The maximum Gasteiger partial charge on any atom is 0.123 e. The van der Waals surface area contributed by atoms with Crippen LogP contribution in [-0.2, 0) is 0 Å². The van der Waals surface area contributed by atoms with Crippen molar-refractivity contribution in [1.82, 2.24) is 5.23 Å². The van der Waals surface area contributed by atoms with Gasteiger partial charge in [-0.05, 0) is 30.7 Å². The summed E-state index contributed by atoms with van der Waals surface area (Å²) in [4.78, 5) is 0. The zero-order valence-electron chi connectivity index (χ0n) is 9.43. The minimum absolute atomic E-state index is 0.176. The fourth-order valence-corrected chi connectivity index (χ4v) is 1.21. The van der Waals surface area contributed by atoms with Crippen molar-refractivity contribution < 1.29 is 14.7 Å². The number of benzene rings is 1. The molecule has 0 saturated carbocycles. The van der Waals surface area contributed by atoms with Gasteiger partial charge in [0.1, 0.15) is 11.5 Å². The van der Waals surface area contributed by atoms with Crippen molar-refractivity contribution in [3.63, 3.8) is 0 Å². The summed E-state index contributed by atoms with van der Waals surface area (Å²) in [6.45, 7) is 1.50. The van der Waals surface area contributed by atoms with Gasteiger partial charge in [-0.25, -0.2) is 0 Å². The summed E-state index contributed by atoms with van der Waals surface area (Å²) in [7, 11) is 3.09. The van der Waals surface area contributed by atoms with Crippen molar-refractivity contribution >= 4 is 6.08 Å². The van der Waals surface area contributed by atoms with Crippen LogP contribution in [0, 0.1) is 5.21 Å². The smallest absolute Gasteiger partial charge is 0.123 e. The number of methoxy groups -OCH3 is 2. The predicted molar refractivity (Wildman–Crippen MR) is 60.2 cm³/mol. The average molecular weight is 224 g/mol. The van der Waals surface area contributed by atoms with E-state index < -0.39 is 0 Å². The van der Waals surface area contributed by atoms with Gasteiger partial charge in [-0.3, -0.25) is 5.21 Å². The van der Waals surface area contributed by atoms with E-state index in [1.165, 1.54) is 13.0 Å². The highest BCUT2D eigenvalue weighted by molar-refractivity contribution is 5.57. The van der Waals surface area contributed by atoms with Crippen molar-refractivity contribution in [1.29, 1.82) is 0 Å². The second-order valence-corrected chi connectivity index (χ2v) is 3.20. The SMILES string of the molecule is COc1cc(/C=C(\C)N([O-])O)cc(OC)c1. The molecule has 88 valence electrons. The van der Waals surface area contributed by atoms with Crippen LogP contribution in [0.3, 0.4) is 0 Å². The first-order valence-electron chi connectivity index (χ1n) is 4.64. The molecule has 0 aliphatic rings. The molecule has 0 heterocycles. The Morgan fingerprint density at radius 1 is 1.25 bits per heavy atom. The molecular formula is C11H14NO4-. The fourth-order valence-electron chi connectivity index (χ4n) is 1.21. The molecule has 0 aliphatic carbocycles. The van der Waals surface area contributed by atoms with Gasteiger partial charge in [0.2, 0.25) is 0 Å². The number of rotatable bonds is 4. The molecule has 0 aliphatic heterocycles. The summed E-state index contributed by atoms with van der Waals surface area (Å²) in [6.07, 6.45) is 1.53. The van der Waals surface area contributed by atoms with Crippen LogP contribution in [0.2, 0.25) is 0 Å². The summed E-state index contributed by atoms with van der Waals surface area (Å²) < 4.78 is 10.2. The number of hydroxylamine groups is 2. The van der Waals surface area contributed by atoms with E-state index in [1.54, 1.807) is 32.4 Å². The van der Waals surface area contributed by atoms with Crippen LogP contribution in [0.15, 0.2) is 23.9 Å². The molecule has 0 saturated heterocycles. The monoisotopic (exact) mass is 224 g/mol. The minimum atomic E-state index is -0.189. The number of nitrogens with zero attached hydrogens (tertiary/aromatic N) is 1. The highest BCUT2D eigenvalue weighted by Gasteiger charge is 2.00. The summed E-state index contributed by atoms with van der Waals surface area (Å²) in [5.74, 6) is 1.24. The molecular weight excluding hydrogens is 210 g/mol. The van der Waals surface area contributed by atoms with Gasteiger partial charge in [0.05, 0.1) is 14.2 Å². The van der Waals surface area contributed by atoms with Crippen molar-refractivity contribution in [2.75, 3.05) is 14.2 Å². The van der Waals surface area contributed by atoms with Gasteiger partial charge >= 0.3 is 0 Å². The van der Waals surface area contributed by atoms with Gasteiger partial charge in [0.15, 0.2) is 0 Å². The Hall–Kier alpha value is -1.72. The van der Waals surface area contributed by atoms with Gasteiger partial charge in [-0.1, -0.05) is 0 Å². The lowest BCUT2D eigenvalue weighted by atomic mass is 10.1. The summed E-state index contributed by atoms with van der Waals surface area (Å²) >= 11 is 0. The van der Waals surface area contributed by atoms with Crippen LogP contribution in [0.1, 0.15) is 12.5 Å². The molecule has 1 rings (SSSR count). The van der Waals surface area contributed by atoms with E-state index in [2.05, 4.69) is 0 Å². The van der Waals surface area contributed by atoms with Crippen LogP contribution in [0.25, 0.3) is 6.08 Å². The molecule has 5 nitrogen and oxygen atoms in total. The number of hydrogen-bond donors (Lipinski definition) is 1. The zero-order chi connectivity index (χ0) is 12.1. The molecule has 0 unspecified atom stereocenters. The van der Waals surface area contributed by atoms with E-state index in [-0.39, 0.29) is 10.9 Å². The summed E-state index contributed by atoms with van der Waals surface area (Å²) in [5, 5.41) is 19.1. The fraction of sp³-hybridized carbons (Fsp3) is 0.273. The van der Waals surface area contributed by atoms with Crippen LogP contribution in [0.5, 0.6) is 11.5 Å². The van der Waals surface area contributed by atoms with Gasteiger partial charge in [0.25, 0.3) is 0 Å². The van der Waals surface area contributed by atoms with Gasteiger partial charge < -0.3 is 19.9 Å². The summed E-state index contributed by atoms with van der Waals surface area (Å²) in [5.41, 5.74) is 0.888. The van der Waals surface area contributed by atoms with E-state index in [9.17, 15) is 5.21 Å². The molecule has 1 aromatic rings. The van der Waals surface area contributed by atoms with E-state index in [0.717, 1.165) is 0 Å². The van der Waals surface area contributed by atoms with Crippen molar-refractivity contribution in [2.24, 2.45) is 0 Å². The third-order valence-corrected chi connectivity index (χ3v) is 2.05.